The molecule has 3 aromatic rings. The second kappa shape index (κ2) is 7.20. The van der Waals surface area contributed by atoms with Gasteiger partial charge in [0.05, 0.1) is 16.5 Å². The van der Waals surface area contributed by atoms with Gasteiger partial charge >= 0.3 is 0 Å². The number of hydrogen-bond donors (Lipinski definition) is 2. The molecule has 0 unspecified atom stereocenters. The second-order valence-corrected chi connectivity index (χ2v) is 7.42. The van der Waals surface area contributed by atoms with Gasteiger partial charge in [-0.25, -0.2) is 0 Å². The zero-order valence-electron chi connectivity index (χ0n) is 15.1. The van der Waals surface area contributed by atoms with Gasteiger partial charge in [-0.05, 0) is 44.5 Å². The number of rotatable bonds is 4. The molecule has 7 heteroatoms. The smallest absolute Gasteiger partial charge is 0.251 e. The monoisotopic (exact) mass is 382 g/mol. The van der Waals surface area contributed by atoms with E-state index in [1.807, 2.05) is 19.9 Å². The summed E-state index contributed by atoms with van der Waals surface area (Å²) in [6, 6.07) is 5.34. The Labute approximate surface area is 159 Å². The standard InChI is InChI=1S/C20H18N2O4S/c1-10-4-6-15-14(8-10)18(24)13(9-26-15)5-7-16(23)22-20-17(19(21)25)11(2)12(3)27-20/h4-9H,1-3H3,(H2,21,25)(H,22,23)/b7-5+. The highest BCUT2D eigenvalue weighted by Crippen LogP contribution is 2.32. The van der Waals surface area contributed by atoms with Crippen LogP contribution in [0.25, 0.3) is 17.0 Å². The Morgan fingerprint density at radius 1 is 1.22 bits per heavy atom. The van der Waals surface area contributed by atoms with E-state index in [2.05, 4.69) is 5.32 Å². The molecule has 2 heterocycles. The number of nitrogens with two attached hydrogens (primary N) is 1. The Hall–Kier alpha value is -3.19. The maximum atomic E-state index is 12.5. The average Bonchev–Trinajstić information content (AvgIpc) is 2.88. The van der Waals surface area contributed by atoms with Crippen LogP contribution in [0.2, 0.25) is 0 Å². The topological polar surface area (TPSA) is 102 Å². The summed E-state index contributed by atoms with van der Waals surface area (Å²) in [6.45, 7) is 5.51. The number of aryl methyl sites for hydroxylation is 2. The zero-order chi connectivity index (χ0) is 19.7. The molecule has 0 saturated carbocycles. The van der Waals surface area contributed by atoms with Crippen LogP contribution in [0.3, 0.4) is 0 Å². The van der Waals surface area contributed by atoms with Crippen molar-refractivity contribution < 1.29 is 14.0 Å². The lowest BCUT2D eigenvalue weighted by molar-refractivity contribution is -0.111. The lowest BCUT2D eigenvalue weighted by atomic mass is 10.1. The molecule has 27 heavy (non-hydrogen) atoms. The minimum atomic E-state index is -0.596. The van der Waals surface area contributed by atoms with E-state index in [4.69, 9.17) is 10.2 Å². The minimum Gasteiger partial charge on any atom is -0.463 e. The number of thiophene rings is 1. The van der Waals surface area contributed by atoms with Gasteiger partial charge in [0.15, 0.2) is 5.43 Å². The van der Waals surface area contributed by atoms with E-state index < -0.39 is 11.8 Å². The number of fused-ring (bicyclic) bond motifs is 1. The lowest BCUT2D eigenvalue weighted by Gasteiger charge is -2.02. The maximum Gasteiger partial charge on any atom is 0.251 e. The molecular weight excluding hydrogens is 364 g/mol. The van der Waals surface area contributed by atoms with Gasteiger partial charge in [0.1, 0.15) is 16.8 Å². The molecule has 3 rings (SSSR count). The molecule has 0 radical (unpaired) electrons. The SMILES string of the molecule is Cc1ccc2occ(/C=C/C(=O)Nc3sc(C)c(C)c3C(N)=O)c(=O)c2c1. The predicted molar refractivity (Wildman–Crippen MR) is 107 cm³/mol. The third-order valence-electron chi connectivity index (χ3n) is 4.24. The molecule has 2 aromatic heterocycles. The number of anilines is 1. The third-order valence-corrected chi connectivity index (χ3v) is 5.36. The van der Waals surface area contributed by atoms with Crippen LogP contribution < -0.4 is 16.5 Å². The van der Waals surface area contributed by atoms with Crippen molar-refractivity contribution >= 4 is 45.2 Å². The third kappa shape index (κ3) is 3.68. The van der Waals surface area contributed by atoms with E-state index in [0.29, 0.717) is 21.5 Å². The molecule has 0 spiro atoms. The summed E-state index contributed by atoms with van der Waals surface area (Å²) in [6.07, 6.45) is 3.93. The summed E-state index contributed by atoms with van der Waals surface area (Å²) < 4.78 is 5.46. The highest BCUT2D eigenvalue weighted by atomic mass is 32.1. The molecule has 138 valence electrons. The quantitative estimate of drug-likeness (QED) is 0.674. The molecule has 0 bridgehead atoms. The van der Waals surface area contributed by atoms with Crippen molar-refractivity contribution in [2.24, 2.45) is 5.73 Å². The molecule has 0 aliphatic rings. The molecule has 0 aliphatic heterocycles. The van der Waals surface area contributed by atoms with Crippen molar-refractivity contribution in [2.75, 3.05) is 5.32 Å². The molecule has 1 aromatic carbocycles. The molecule has 3 N–H and O–H groups in total. The molecule has 0 fully saturated rings. The van der Waals surface area contributed by atoms with Crippen LogP contribution >= 0.6 is 11.3 Å². The van der Waals surface area contributed by atoms with Gasteiger partial charge in [0.2, 0.25) is 5.91 Å². The van der Waals surface area contributed by atoms with Crippen molar-refractivity contribution in [1.82, 2.24) is 0 Å². The van der Waals surface area contributed by atoms with E-state index >= 15 is 0 Å². The van der Waals surface area contributed by atoms with Gasteiger partial charge in [-0.1, -0.05) is 11.6 Å². The Bertz CT molecular complexity index is 1150. The Morgan fingerprint density at radius 3 is 2.67 bits per heavy atom. The van der Waals surface area contributed by atoms with Crippen molar-refractivity contribution in [3.63, 3.8) is 0 Å². The average molecular weight is 382 g/mol. The highest BCUT2D eigenvalue weighted by molar-refractivity contribution is 7.16. The molecule has 2 amide bonds. The molecule has 0 saturated heterocycles. The summed E-state index contributed by atoms with van der Waals surface area (Å²) in [4.78, 5) is 37.3. The largest absolute Gasteiger partial charge is 0.463 e. The number of carbonyl (C=O) groups is 2. The Balaban J connectivity index is 1.87. The van der Waals surface area contributed by atoms with Gasteiger partial charge < -0.3 is 15.5 Å². The molecule has 6 nitrogen and oxygen atoms in total. The van der Waals surface area contributed by atoms with Gasteiger partial charge in [0, 0.05) is 11.0 Å². The van der Waals surface area contributed by atoms with Crippen LogP contribution in [-0.2, 0) is 4.79 Å². The minimum absolute atomic E-state index is 0.218. The van der Waals surface area contributed by atoms with Crippen molar-refractivity contribution in [1.29, 1.82) is 0 Å². The summed E-state index contributed by atoms with van der Waals surface area (Å²) in [5, 5.41) is 3.50. The van der Waals surface area contributed by atoms with Gasteiger partial charge in [-0.15, -0.1) is 11.3 Å². The van der Waals surface area contributed by atoms with Crippen molar-refractivity contribution in [3.05, 3.63) is 67.9 Å². The van der Waals surface area contributed by atoms with E-state index in [1.165, 1.54) is 29.8 Å². The van der Waals surface area contributed by atoms with Crippen LogP contribution in [0.5, 0.6) is 0 Å². The molecule has 0 aliphatic carbocycles. The fraction of sp³-hybridized carbons (Fsp3) is 0.150. The van der Waals surface area contributed by atoms with Crippen LogP contribution in [0.1, 0.15) is 31.9 Å². The number of hydrogen-bond acceptors (Lipinski definition) is 5. The lowest BCUT2D eigenvalue weighted by Crippen LogP contribution is -2.16. The van der Waals surface area contributed by atoms with Crippen molar-refractivity contribution in [3.8, 4) is 0 Å². The first-order valence-corrected chi connectivity index (χ1v) is 9.00. The Kier molecular flexibility index (Phi) is 4.96. The number of benzene rings is 1. The van der Waals surface area contributed by atoms with Gasteiger partial charge in [0.25, 0.3) is 5.91 Å². The molecular formula is C20H18N2O4S. The van der Waals surface area contributed by atoms with E-state index in [-0.39, 0.29) is 11.0 Å². The summed E-state index contributed by atoms with van der Waals surface area (Å²) >= 11 is 1.28. The van der Waals surface area contributed by atoms with Crippen LogP contribution in [0.15, 0.2) is 39.7 Å². The first kappa shape index (κ1) is 18.6. The first-order valence-electron chi connectivity index (χ1n) is 8.19. The fourth-order valence-corrected chi connectivity index (χ4v) is 3.77. The van der Waals surface area contributed by atoms with Crippen molar-refractivity contribution in [2.45, 2.75) is 20.8 Å². The highest BCUT2D eigenvalue weighted by Gasteiger charge is 2.18. The zero-order valence-corrected chi connectivity index (χ0v) is 15.9. The predicted octanol–water partition coefficient (Wildman–Crippen LogP) is 3.53. The van der Waals surface area contributed by atoms with Crippen LogP contribution in [0.4, 0.5) is 5.00 Å². The fourth-order valence-electron chi connectivity index (χ4n) is 2.71. The number of carbonyl (C=O) groups excluding carboxylic acids is 2. The van der Waals surface area contributed by atoms with Gasteiger partial charge in [-0.3, -0.25) is 14.4 Å². The number of amides is 2. The summed E-state index contributed by atoms with van der Waals surface area (Å²) in [5.74, 6) is -1.07. The second-order valence-electron chi connectivity index (χ2n) is 6.19. The van der Waals surface area contributed by atoms with Crippen LogP contribution in [-0.4, -0.2) is 11.8 Å². The number of nitrogens with one attached hydrogen (secondary N) is 1. The summed E-state index contributed by atoms with van der Waals surface area (Å²) in [5.41, 5.74) is 7.92. The van der Waals surface area contributed by atoms with E-state index in [0.717, 1.165) is 16.0 Å². The first-order chi connectivity index (χ1) is 12.8. The maximum absolute atomic E-state index is 12.5. The van der Waals surface area contributed by atoms with E-state index in [9.17, 15) is 14.4 Å². The van der Waals surface area contributed by atoms with Gasteiger partial charge in [-0.2, -0.15) is 0 Å². The van der Waals surface area contributed by atoms with Crippen LogP contribution in [0, 0.1) is 20.8 Å². The van der Waals surface area contributed by atoms with E-state index in [1.54, 1.807) is 19.1 Å². The molecule has 0 atom stereocenters. The summed E-state index contributed by atoms with van der Waals surface area (Å²) in [7, 11) is 0. The number of primary amides is 1. The Morgan fingerprint density at radius 2 is 1.96 bits per heavy atom. The normalized spacial score (nSPS) is 11.2.